The summed E-state index contributed by atoms with van der Waals surface area (Å²) >= 11 is 0. The molecule has 0 fully saturated rings. The van der Waals surface area contributed by atoms with Gasteiger partial charge in [-0.3, -0.25) is 4.68 Å². The van der Waals surface area contributed by atoms with Gasteiger partial charge >= 0.3 is 0 Å². The predicted molar refractivity (Wildman–Crippen MR) is 110 cm³/mol. The number of benzene rings is 2. The lowest BCUT2D eigenvalue weighted by Crippen LogP contribution is -2.09. The quantitative estimate of drug-likeness (QED) is 0.493. The summed E-state index contributed by atoms with van der Waals surface area (Å²) in [6.45, 7) is 4.82. The van der Waals surface area contributed by atoms with Gasteiger partial charge in [0.15, 0.2) is 0 Å². The SMILES string of the molecule is C=CCn1cc(-c2c(-c3ccccc3)ncn2CC(O)c2ccccc2)cn1. The van der Waals surface area contributed by atoms with E-state index in [1.807, 2.05) is 88.4 Å². The van der Waals surface area contributed by atoms with Crippen LogP contribution in [-0.2, 0) is 13.1 Å². The average molecular weight is 370 g/mol. The summed E-state index contributed by atoms with van der Waals surface area (Å²) in [4.78, 5) is 4.66. The van der Waals surface area contributed by atoms with Crippen molar-refractivity contribution in [3.8, 4) is 22.5 Å². The van der Waals surface area contributed by atoms with E-state index in [-0.39, 0.29) is 0 Å². The molecule has 4 rings (SSSR count). The largest absolute Gasteiger partial charge is 0.387 e. The summed E-state index contributed by atoms with van der Waals surface area (Å²) in [6.07, 6.45) is 6.79. The van der Waals surface area contributed by atoms with Crippen LogP contribution in [0.3, 0.4) is 0 Å². The molecule has 0 aliphatic rings. The average Bonchev–Trinajstić information content (AvgIpc) is 3.36. The summed E-state index contributed by atoms with van der Waals surface area (Å²) in [5, 5.41) is 15.1. The first-order chi connectivity index (χ1) is 13.8. The Hall–Kier alpha value is -3.44. The van der Waals surface area contributed by atoms with Gasteiger partial charge in [0.05, 0.1) is 43.1 Å². The number of hydrogen-bond acceptors (Lipinski definition) is 3. The third-order valence-electron chi connectivity index (χ3n) is 4.66. The van der Waals surface area contributed by atoms with Gasteiger partial charge in [0.1, 0.15) is 0 Å². The smallest absolute Gasteiger partial charge is 0.0969 e. The lowest BCUT2D eigenvalue weighted by molar-refractivity contribution is 0.157. The van der Waals surface area contributed by atoms with Crippen LogP contribution in [0.4, 0.5) is 0 Å². The van der Waals surface area contributed by atoms with Gasteiger partial charge in [-0.1, -0.05) is 66.7 Å². The number of aliphatic hydroxyl groups is 1. The minimum Gasteiger partial charge on any atom is -0.387 e. The van der Waals surface area contributed by atoms with Gasteiger partial charge in [-0.05, 0) is 5.56 Å². The van der Waals surface area contributed by atoms with Crippen molar-refractivity contribution in [1.82, 2.24) is 19.3 Å². The maximum absolute atomic E-state index is 10.7. The van der Waals surface area contributed by atoms with E-state index in [2.05, 4.69) is 16.7 Å². The second-order valence-corrected chi connectivity index (χ2v) is 6.63. The van der Waals surface area contributed by atoms with Crippen molar-refractivity contribution < 1.29 is 5.11 Å². The number of hydrogen-bond donors (Lipinski definition) is 1. The second-order valence-electron chi connectivity index (χ2n) is 6.63. The molecule has 0 bridgehead atoms. The predicted octanol–water partition coefficient (Wildman–Crippen LogP) is 4.33. The van der Waals surface area contributed by atoms with Gasteiger partial charge in [-0.2, -0.15) is 5.10 Å². The van der Waals surface area contributed by atoms with Crippen molar-refractivity contribution >= 4 is 0 Å². The summed E-state index contributed by atoms with van der Waals surface area (Å²) < 4.78 is 3.83. The molecule has 1 unspecified atom stereocenters. The summed E-state index contributed by atoms with van der Waals surface area (Å²) in [5.74, 6) is 0. The number of aliphatic hydroxyl groups excluding tert-OH is 1. The Morgan fingerprint density at radius 2 is 1.71 bits per heavy atom. The van der Waals surface area contributed by atoms with Crippen LogP contribution in [0.25, 0.3) is 22.5 Å². The van der Waals surface area contributed by atoms with Gasteiger partial charge in [0.2, 0.25) is 0 Å². The topological polar surface area (TPSA) is 55.9 Å². The molecule has 0 amide bonds. The molecule has 28 heavy (non-hydrogen) atoms. The van der Waals surface area contributed by atoms with E-state index in [4.69, 9.17) is 0 Å². The van der Waals surface area contributed by atoms with Gasteiger partial charge in [-0.25, -0.2) is 4.98 Å². The van der Waals surface area contributed by atoms with Crippen LogP contribution in [0, 0.1) is 0 Å². The van der Waals surface area contributed by atoms with Crippen LogP contribution in [0.1, 0.15) is 11.7 Å². The van der Waals surface area contributed by atoms with E-state index in [1.54, 1.807) is 6.33 Å². The van der Waals surface area contributed by atoms with Crippen molar-refractivity contribution in [2.24, 2.45) is 0 Å². The minimum atomic E-state index is -0.624. The van der Waals surface area contributed by atoms with Gasteiger partial charge in [0, 0.05) is 17.3 Å². The van der Waals surface area contributed by atoms with E-state index in [9.17, 15) is 5.11 Å². The molecular formula is C23H22N4O. The van der Waals surface area contributed by atoms with Crippen LogP contribution in [-0.4, -0.2) is 24.4 Å². The van der Waals surface area contributed by atoms with E-state index in [0.717, 1.165) is 28.1 Å². The van der Waals surface area contributed by atoms with Crippen molar-refractivity contribution in [3.63, 3.8) is 0 Å². The molecule has 4 aromatic rings. The first kappa shape index (κ1) is 17.9. The van der Waals surface area contributed by atoms with Gasteiger partial charge < -0.3 is 9.67 Å². The lowest BCUT2D eigenvalue weighted by Gasteiger charge is -2.14. The Kier molecular flexibility index (Phi) is 5.17. The maximum Gasteiger partial charge on any atom is 0.0969 e. The second kappa shape index (κ2) is 8.06. The van der Waals surface area contributed by atoms with Gasteiger partial charge in [0.25, 0.3) is 0 Å². The molecule has 0 saturated carbocycles. The molecule has 2 heterocycles. The molecule has 0 radical (unpaired) electrons. The Labute approximate surface area is 164 Å². The number of imidazole rings is 1. The summed E-state index contributed by atoms with van der Waals surface area (Å²) in [5.41, 5.74) is 4.68. The third kappa shape index (κ3) is 3.66. The zero-order valence-electron chi connectivity index (χ0n) is 15.5. The fraction of sp³-hybridized carbons (Fsp3) is 0.130. The molecular weight excluding hydrogens is 348 g/mol. The van der Waals surface area contributed by atoms with Crippen LogP contribution in [0.15, 0.2) is 92.0 Å². The molecule has 1 atom stereocenters. The van der Waals surface area contributed by atoms with Crippen LogP contribution < -0.4 is 0 Å². The van der Waals surface area contributed by atoms with E-state index < -0.39 is 6.10 Å². The monoisotopic (exact) mass is 370 g/mol. The molecule has 2 aromatic carbocycles. The molecule has 0 aliphatic heterocycles. The van der Waals surface area contributed by atoms with Crippen LogP contribution in [0.2, 0.25) is 0 Å². The van der Waals surface area contributed by atoms with Crippen molar-refractivity contribution in [1.29, 1.82) is 0 Å². The lowest BCUT2D eigenvalue weighted by atomic mass is 10.1. The van der Waals surface area contributed by atoms with E-state index in [1.165, 1.54) is 0 Å². The highest BCUT2D eigenvalue weighted by atomic mass is 16.3. The first-order valence-corrected chi connectivity index (χ1v) is 9.23. The Morgan fingerprint density at radius 1 is 1.00 bits per heavy atom. The molecule has 1 N–H and O–H groups in total. The van der Waals surface area contributed by atoms with E-state index >= 15 is 0 Å². The zero-order chi connectivity index (χ0) is 19.3. The van der Waals surface area contributed by atoms with Crippen LogP contribution in [0.5, 0.6) is 0 Å². The maximum atomic E-state index is 10.7. The fourth-order valence-corrected chi connectivity index (χ4v) is 3.32. The molecule has 5 nitrogen and oxygen atoms in total. The normalized spacial score (nSPS) is 12.0. The zero-order valence-corrected chi connectivity index (χ0v) is 15.5. The highest BCUT2D eigenvalue weighted by Gasteiger charge is 2.19. The van der Waals surface area contributed by atoms with Crippen LogP contribution >= 0.6 is 0 Å². The third-order valence-corrected chi connectivity index (χ3v) is 4.66. The highest BCUT2D eigenvalue weighted by molar-refractivity contribution is 5.78. The fourth-order valence-electron chi connectivity index (χ4n) is 3.32. The first-order valence-electron chi connectivity index (χ1n) is 9.23. The number of allylic oxidation sites excluding steroid dienone is 1. The highest BCUT2D eigenvalue weighted by Crippen LogP contribution is 2.32. The summed E-state index contributed by atoms with van der Waals surface area (Å²) in [6, 6.07) is 19.7. The van der Waals surface area contributed by atoms with E-state index in [0.29, 0.717) is 13.1 Å². The Morgan fingerprint density at radius 3 is 2.43 bits per heavy atom. The molecule has 140 valence electrons. The molecule has 2 aromatic heterocycles. The molecule has 0 saturated heterocycles. The molecule has 0 aliphatic carbocycles. The standard InChI is InChI=1S/C23H22N4O/c1-2-13-27-15-20(14-25-27)23-22(19-11-7-4-8-12-19)24-17-26(23)16-21(28)18-9-5-3-6-10-18/h2-12,14-15,17,21,28H,1,13,16H2. The van der Waals surface area contributed by atoms with Crippen molar-refractivity contribution in [2.45, 2.75) is 19.2 Å². The number of aromatic nitrogens is 4. The Bertz CT molecular complexity index is 1050. The van der Waals surface area contributed by atoms with Crippen molar-refractivity contribution in [2.75, 3.05) is 0 Å². The van der Waals surface area contributed by atoms with Gasteiger partial charge in [-0.15, -0.1) is 6.58 Å². The number of rotatable bonds is 7. The van der Waals surface area contributed by atoms with Crippen molar-refractivity contribution in [3.05, 3.63) is 97.6 Å². The minimum absolute atomic E-state index is 0.409. The molecule has 5 heteroatoms. The molecule has 0 spiro atoms. The Balaban J connectivity index is 1.75. The number of nitrogens with zero attached hydrogens (tertiary/aromatic N) is 4. The summed E-state index contributed by atoms with van der Waals surface area (Å²) in [7, 11) is 0.